The van der Waals surface area contributed by atoms with Crippen LogP contribution in [-0.2, 0) is 12.8 Å². The smallest absolute Gasteiger partial charge is 0.135 e. The van der Waals surface area contributed by atoms with E-state index in [1.165, 1.54) is 17.7 Å². The third kappa shape index (κ3) is 2.32. The number of rotatable bonds is 5. The highest BCUT2D eigenvalue weighted by atomic mass is 15.2. The van der Waals surface area contributed by atoms with Crippen LogP contribution in [0.3, 0.4) is 0 Å². The number of aromatic nitrogens is 2. The summed E-state index contributed by atoms with van der Waals surface area (Å²) in [5, 5.41) is 3.17. The molecular formula is C12H20N4. The fourth-order valence-corrected chi connectivity index (χ4v) is 2.27. The van der Waals surface area contributed by atoms with E-state index in [0.29, 0.717) is 0 Å². The van der Waals surface area contributed by atoms with Gasteiger partial charge in [0.05, 0.1) is 0 Å². The minimum atomic E-state index is 1.05. The SMILES string of the molecule is CNCCCN(C)c1ncnc2c1CCC2. The summed E-state index contributed by atoms with van der Waals surface area (Å²) in [5.74, 6) is 1.14. The van der Waals surface area contributed by atoms with E-state index in [4.69, 9.17) is 0 Å². The molecule has 2 rings (SSSR count). The van der Waals surface area contributed by atoms with Crippen molar-refractivity contribution in [3.05, 3.63) is 17.6 Å². The highest BCUT2D eigenvalue weighted by Crippen LogP contribution is 2.26. The second-order valence-electron chi connectivity index (χ2n) is 4.35. The van der Waals surface area contributed by atoms with Crippen LogP contribution in [0.5, 0.6) is 0 Å². The van der Waals surface area contributed by atoms with Gasteiger partial charge in [0.1, 0.15) is 12.1 Å². The molecule has 0 aromatic carbocycles. The average molecular weight is 220 g/mol. The Morgan fingerprint density at radius 3 is 3.06 bits per heavy atom. The molecule has 1 aromatic heterocycles. The summed E-state index contributed by atoms with van der Waals surface area (Å²) < 4.78 is 0. The van der Waals surface area contributed by atoms with Gasteiger partial charge in [-0.1, -0.05) is 0 Å². The normalized spacial score (nSPS) is 13.9. The van der Waals surface area contributed by atoms with Gasteiger partial charge in [0.15, 0.2) is 0 Å². The summed E-state index contributed by atoms with van der Waals surface area (Å²) in [6.45, 7) is 2.10. The number of anilines is 1. The predicted octanol–water partition coefficient (Wildman–Crippen LogP) is 1.01. The van der Waals surface area contributed by atoms with Crippen LogP contribution in [0.2, 0.25) is 0 Å². The van der Waals surface area contributed by atoms with Crippen molar-refractivity contribution in [1.29, 1.82) is 0 Å². The van der Waals surface area contributed by atoms with Crippen molar-refractivity contribution in [3.63, 3.8) is 0 Å². The van der Waals surface area contributed by atoms with Crippen LogP contribution in [0.1, 0.15) is 24.1 Å². The number of aryl methyl sites for hydroxylation is 1. The van der Waals surface area contributed by atoms with Crippen LogP contribution < -0.4 is 10.2 Å². The Morgan fingerprint density at radius 2 is 2.25 bits per heavy atom. The van der Waals surface area contributed by atoms with Gasteiger partial charge >= 0.3 is 0 Å². The Bertz CT molecular complexity index is 351. The molecule has 0 atom stereocenters. The maximum atomic E-state index is 4.42. The number of hydrogen-bond donors (Lipinski definition) is 1. The first-order valence-electron chi connectivity index (χ1n) is 6.01. The lowest BCUT2D eigenvalue weighted by Gasteiger charge is -2.20. The summed E-state index contributed by atoms with van der Waals surface area (Å²) in [5.41, 5.74) is 2.62. The minimum Gasteiger partial charge on any atom is -0.359 e. The quantitative estimate of drug-likeness (QED) is 0.752. The zero-order valence-electron chi connectivity index (χ0n) is 10.2. The number of hydrogen-bond acceptors (Lipinski definition) is 4. The molecule has 1 aliphatic carbocycles. The fourth-order valence-electron chi connectivity index (χ4n) is 2.27. The predicted molar refractivity (Wildman–Crippen MR) is 65.9 cm³/mol. The summed E-state index contributed by atoms with van der Waals surface area (Å²) >= 11 is 0. The van der Waals surface area contributed by atoms with Crippen LogP contribution in [0.25, 0.3) is 0 Å². The lowest BCUT2D eigenvalue weighted by atomic mass is 10.2. The molecule has 0 fully saturated rings. The van der Waals surface area contributed by atoms with Gasteiger partial charge < -0.3 is 10.2 Å². The third-order valence-electron chi connectivity index (χ3n) is 3.13. The van der Waals surface area contributed by atoms with E-state index in [1.54, 1.807) is 6.33 Å². The molecule has 0 radical (unpaired) electrons. The molecule has 4 nitrogen and oxygen atoms in total. The van der Waals surface area contributed by atoms with Crippen LogP contribution in [-0.4, -0.2) is 37.2 Å². The van der Waals surface area contributed by atoms with Gasteiger partial charge in [-0.05, 0) is 39.3 Å². The first-order chi connectivity index (χ1) is 7.83. The molecule has 1 aliphatic rings. The van der Waals surface area contributed by atoms with Crippen molar-refractivity contribution in [2.75, 3.05) is 32.1 Å². The highest BCUT2D eigenvalue weighted by Gasteiger charge is 2.18. The van der Waals surface area contributed by atoms with Gasteiger partial charge in [-0.2, -0.15) is 0 Å². The molecule has 1 heterocycles. The minimum absolute atomic E-state index is 1.05. The van der Waals surface area contributed by atoms with E-state index in [0.717, 1.165) is 38.2 Å². The van der Waals surface area contributed by atoms with E-state index in [9.17, 15) is 0 Å². The van der Waals surface area contributed by atoms with Crippen molar-refractivity contribution >= 4 is 5.82 Å². The molecule has 0 saturated carbocycles. The van der Waals surface area contributed by atoms with Crippen molar-refractivity contribution in [2.45, 2.75) is 25.7 Å². The van der Waals surface area contributed by atoms with Gasteiger partial charge in [-0.3, -0.25) is 0 Å². The standard InChI is InChI=1S/C12H20N4/c1-13-7-4-8-16(2)12-10-5-3-6-11(10)14-9-15-12/h9,13H,3-8H2,1-2H3. The van der Waals surface area contributed by atoms with E-state index in [2.05, 4.69) is 27.2 Å². The summed E-state index contributed by atoms with van der Waals surface area (Å²) in [6.07, 6.45) is 6.34. The number of nitrogens with one attached hydrogen (secondary N) is 1. The van der Waals surface area contributed by atoms with Crippen LogP contribution in [0.15, 0.2) is 6.33 Å². The second kappa shape index (κ2) is 5.25. The maximum Gasteiger partial charge on any atom is 0.135 e. The lowest BCUT2D eigenvalue weighted by Crippen LogP contribution is -2.24. The molecule has 0 spiro atoms. The van der Waals surface area contributed by atoms with Gasteiger partial charge in [0.2, 0.25) is 0 Å². The van der Waals surface area contributed by atoms with Gasteiger partial charge in [0, 0.05) is 24.8 Å². The highest BCUT2D eigenvalue weighted by molar-refractivity contribution is 5.49. The van der Waals surface area contributed by atoms with Crippen molar-refractivity contribution in [1.82, 2.24) is 15.3 Å². The Kier molecular flexibility index (Phi) is 3.72. The first kappa shape index (κ1) is 11.3. The Balaban J connectivity index is 2.05. The monoisotopic (exact) mass is 220 g/mol. The zero-order valence-corrected chi connectivity index (χ0v) is 10.2. The molecule has 1 aromatic rings. The summed E-state index contributed by atoms with van der Waals surface area (Å²) in [4.78, 5) is 11.0. The van der Waals surface area contributed by atoms with Crippen LogP contribution in [0.4, 0.5) is 5.82 Å². The Labute approximate surface area is 97.1 Å². The topological polar surface area (TPSA) is 41.0 Å². The summed E-state index contributed by atoms with van der Waals surface area (Å²) in [7, 11) is 4.11. The summed E-state index contributed by atoms with van der Waals surface area (Å²) in [6, 6.07) is 0. The van der Waals surface area contributed by atoms with E-state index >= 15 is 0 Å². The molecule has 4 heteroatoms. The molecule has 0 saturated heterocycles. The molecule has 0 bridgehead atoms. The van der Waals surface area contributed by atoms with Gasteiger partial charge in [0.25, 0.3) is 0 Å². The average Bonchev–Trinajstić information content (AvgIpc) is 2.76. The van der Waals surface area contributed by atoms with E-state index < -0.39 is 0 Å². The fraction of sp³-hybridized carbons (Fsp3) is 0.667. The van der Waals surface area contributed by atoms with Gasteiger partial charge in [-0.25, -0.2) is 9.97 Å². The largest absolute Gasteiger partial charge is 0.359 e. The molecular weight excluding hydrogens is 200 g/mol. The zero-order chi connectivity index (χ0) is 11.4. The Morgan fingerprint density at radius 1 is 1.38 bits per heavy atom. The number of fused-ring (bicyclic) bond motifs is 1. The van der Waals surface area contributed by atoms with Crippen LogP contribution in [0, 0.1) is 0 Å². The van der Waals surface area contributed by atoms with Gasteiger partial charge in [-0.15, -0.1) is 0 Å². The molecule has 16 heavy (non-hydrogen) atoms. The third-order valence-corrected chi connectivity index (χ3v) is 3.13. The first-order valence-corrected chi connectivity index (χ1v) is 6.01. The van der Waals surface area contributed by atoms with Crippen molar-refractivity contribution in [3.8, 4) is 0 Å². The van der Waals surface area contributed by atoms with E-state index in [-0.39, 0.29) is 0 Å². The van der Waals surface area contributed by atoms with E-state index in [1.807, 2.05) is 7.05 Å². The Hall–Kier alpha value is -1.16. The molecule has 88 valence electrons. The lowest BCUT2D eigenvalue weighted by molar-refractivity contribution is 0.706. The molecule has 0 aliphatic heterocycles. The maximum absolute atomic E-state index is 4.42. The van der Waals surface area contributed by atoms with Crippen molar-refractivity contribution < 1.29 is 0 Å². The second-order valence-corrected chi connectivity index (χ2v) is 4.35. The molecule has 1 N–H and O–H groups in total. The number of nitrogens with zero attached hydrogens (tertiary/aromatic N) is 3. The molecule has 0 unspecified atom stereocenters. The molecule has 0 amide bonds. The van der Waals surface area contributed by atoms with Crippen molar-refractivity contribution in [2.24, 2.45) is 0 Å². The van der Waals surface area contributed by atoms with Crippen LogP contribution >= 0.6 is 0 Å².